The molecule has 0 unspecified atom stereocenters. The topological polar surface area (TPSA) is 44.1 Å². The number of ether oxygens (including phenoxy) is 1. The molecule has 0 bridgehead atoms. The van der Waals surface area contributed by atoms with Gasteiger partial charge in [0.2, 0.25) is 0 Å². The van der Waals surface area contributed by atoms with Crippen LogP contribution in [-0.4, -0.2) is 22.4 Å². The molecule has 1 heterocycles. The van der Waals surface area contributed by atoms with Gasteiger partial charge in [-0.1, -0.05) is 13.8 Å². The van der Waals surface area contributed by atoms with Crippen LogP contribution in [0.25, 0.3) is 5.69 Å². The number of carbonyl (C=O) groups is 1. The maximum atomic E-state index is 12.6. The van der Waals surface area contributed by atoms with Crippen molar-refractivity contribution in [2.45, 2.75) is 32.9 Å². The Balaban J connectivity index is 2.43. The lowest BCUT2D eigenvalue weighted by Gasteiger charge is -2.11. The smallest absolute Gasteiger partial charge is 0.416 e. The standard InChI is InChI=1S/C16H17F3N2O2/c1-4-23-15(22)13-9-14(10(2)3)21(20-13)12-7-5-11(6-8-12)16(17,18)19/h5-10H,4H2,1-3H3. The van der Waals surface area contributed by atoms with E-state index in [-0.39, 0.29) is 18.2 Å². The van der Waals surface area contributed by atoms with Crippen molar-refractivity contribution >= 4 is 5.97 Å². The second-order valence-corrected chi connectivity index (χ2v) is 5.29. The van der Waals surface area contributed by atoms with Crippen LogP contribution in [0.4, 0.5) is 13.2 Å². The number of hydrogen-bond donors (Lipinski definition) is 0. The van der Waals surface area contributed by atoms with Crippen LogP contribution in [0, 0.1) is 0 Å². The molecule has 0 aliphatic carbocycles. The monoisotopic (exact) mass is 326 g/mol. The first kappa shape index (κ1) is 17.1. The first-order chi connectivity index (χ1) is 10.7. The molecule has 0 fully saturated rings. The molecule has 7 heteroatoms. The van der Waals surface area contributed by atoms with Crippen LogP contribution >= 0.6 is 0 Å². The van der Waals surface area contributed by atoms with E-state index in [1.165, 1.54) is 16.8 Å². The first-order valence-electron chi connectivity index (χ1n) is 7.18. The van der Waals surface area contributed by atoms with Gasteiger partial charge >= 0.3 is 12.1 Å². The summed E-state index contributed by atoms with van der Waals surface area (Å²) in [5.74, 6) is -0.520. The van der Waals surface area contributed by atoms with Gasteiger partial charge < -0.3 is 4.74 Å². The minimum Gasteiger partial charge on any atom is -0.461 e. The Morgan fingerprint density at radius 1 is 1.26 bits per heavy atom. The number of nitrogens with zero attached hydrogens (tertiary/aromatic N) is 2. The number of esters is 1. The van der Waals surface area contributed by atoms with Crippen molar-refractivity contribution in [3.63, 3.8) is 0 Å². The van der Waals surface area contributed by atoms with E-state index in [9.17, 15) is 18.0 Å². The fourth-order valence-electron chi connectivity index (χ4n) is 2.11. The van der Waals surface area contributed by atoms with Crippen molar-refractivity contribution in [3.05, 3.63) is 47.3 Å². The van der Waals surface area contributed by atoms with Gasteiger partial charge in [0.1, 0.15) is 0 Å². The van der Waals surface area contributed by atoms with Gasteiger partial charge in [-0.15, -0.1) is 0 Å². The molecule has 0 radical (unpaired) electrons. The molecule has 0 N–H and O–H groups in total. The van der Waals surface area contributed by atoms with E-state index in [2.05, 4.69) is 5.10 Å². The molecule has 0 saturated heterocycles. The normalized spacial score (nSPS) is 11.8. The number of rotatable bonds is 4. The van der Waals surface area contributed by atoms with E-state index in [0.29, 0.717) is 11.4 Å². The zero-order chi connectivity index (χ0) is 17.2. The predicted molar refractivity (Wildman–Crippen MR) is 78.6 cm³/mol. The molecule has 4 nitrogen and oxygen atoms in total. The quantitative estimate of drug-likeness (QED) is 0.791. The molecule has 124 valence electrons. The van der Waals surface area contributed by atoms with Gasteiger partial charge in [-0.2, -0.15) is 18.3 Å². The summed E-state index contributed by atoms with van der Waals surface area (Å²) in [4.78, 5) is 11.8. The highest BCUT2D eigenvalue weighted by Crippen LogP contribution is 2.30. The number of alkyl halides is 3. The van der Waals surface area contributed by atoms with Crippen LogP contribution in [0.15, 0.2) is 30.3 Å². The van der Waals surface area contributed by atoms with Gasteiger partial charge in [0.05, 0.1) is 17.9 Å². The Hall–Kier alpha value is -2.31. The highest BCUT2D eigenvalue weighted by molar-refractivity contribution is 5.87. The van der Waals surface area contributed by atoms with E-state index < -0.39 is 17.7 Å². The van der Waals surface area contributed by atoms with Crippen molar-refractivity contribution in [1.82, 2.24) is 9.78 Å². The molecule has 0 amide bonds. The molecule has 1 aromatic heterocycles. The second-order valence-electron chi connectivity index (χ2n) is 5.29. The van der Waals surface area contributed by atoms with Crippen molar-refractivity contribution in [2.75, 3.05) is 6.61 Å². The van der Waals surface area contributed by atoms with E-state index in [1.54, 1.807) is 13.0 Å². The fourth-order valence-corrected chi connectivity index (χ4v) is 2.11. The third-order valence-electron chi connectivity index (χ3n) is 3.25. The Kier molecular flexibility index (Phi) is 4.77. The van der Waals surface area contributed by atoms with Crippen LogP contribution in [0.3, 0.4) is 0 Å². The lowest BCUT2D eigenvalue weighted by Crippen LogP contribution is -2.08. The van der Waals surface area contributed by atoms with Gasteiger partial charge in [-0.25, -0.2) is 9.48 Å². The van der Waals surface area contributed by atoms with Gasteiger partial charge in [-0.3, -0.25) is 0 Å². The van der Waals surface area contributed by atoms with Crippen LogP contribution in [-0.2, 0) is 10.9 Å². The molecule has 0 aliphatic rings. The zero-order valence-corrected chi connectivity index (χ0v) is 13.0. The van der Waals surface area contributed by atoms with Crippen LogP contribution in [0.5, 0.6) is 0 Å². The molecule has 0 atom stereocenters. The number of aromatic nitrogens is 2. The molecule has 0 aliphatic heterocycles. The minimum atomic E-state index is -4.39. The lowest BCUT2D eigenvalue weighted by atomic mass is 10.1. The third-order valence-corrected chi connectivity index (χ3v) is 3.25. The summed E-state index contributed by atoms with van der Waals surface area (Å²) in [6.07, 6.45) is -4.39. The summed E-state index contributed by atoms with van der Waals surface area (Å²) in [6, 6.07) is 6.24. The van der Waals surface area contributed by atoms with Gasteiger partial charge in [0.25, 0.3) is 0 Å². The Labute approximate surface area is 131 Å². The summed E-state index contributed by atoms with van der Waals surface area (Å²) >= 11 is 0. The molecule has 23 heavy (non-hydrogen) atoms. The van der Waals surface area contributed by atoms with Crippen LogP contribution < -0.4 is 0 Å². The van der Waals surface area contributed by atoms with Gasteiger partial charge in [0, 0.05) is 5.69 Å². The highest BCUT2D eigenvalue weighted by Gasteiger charge is 2.30. The summed E-state index contributed by atoms with van der Waals surface area (Å²) in [7, 11) is 0. The molecule has 2 rings (SSSR count). The summed E-state index contributed by atoms with van der Waals surface area (Å²) in [6.45, 7) is 5.73. The van der Waals surface area contributed by atoms with E-state index in [1.807, 2.05) is 13.8 Å². The maximum Gasteiger partial charge on any atom is 0.416 e. The van der Waals surface area contributed by atoms with E-state index in [0.717, 1.165) is 12.1 Å². The minimum absolute atomic E-state index is 0.0352. The number of hydrogen-bond acceptors (Lipinski definition) is 3. The maximum absolute atomic E-state index is 12.6. The van der Waals surface area contributed by atoms with Gasteiger partial charge in [0.15, 0.2) is 5.69 Å². The number of halogens is 3. The van der Waals surface area contributed by atoms with E-state index >= 15 is 0 Å². The lowest BCUT2D eigenvalue weighted by molar-refractivity contribution is -0.137. The predicted octanol–water partition coefficient (Wildman–Crippen LogP) is 4.19. The van der Waals surface area contributed by atoms with Crippen molar-refractivity contribution in [1.29, 1.82) is 0 Å². The average Bonchev–Trinajstić information content (AvgIpc) is 2.92. The molecular weight excluding hydrogens is 309 g/mol. The molecular formula is C16H17F3N2O2. The Morgan fingerprint density at radius 3 is 2.35 bits per heavy atom. The summed E-state index contributed by atoms with van der Waals surface area (Å²) in [5, 5.41) is 4.17. The average molecular weight is 326 g/mol. The number of benzene rings is 1. The van der Waals surface area contributed by atoms with Gasteiger partial charge in [-0.05, 0) is 43.2 Å². The largest absolute Gasteiger partial charge is 0.461 e. The molecule has 2 aromatic rings. The number of carbonyl (C=O) groups excluding carboxylic acids is 1. The zero-order valence-electron chi connectivity index (χ0n) is 13.0. The third kappa shape index (κ3) is 3.72. The highest BCUT2D eigenvalue weighted by atomic mass is 19.4. The molecule has 1 aromatic carbocycles. The van der Waals surface area contributed by atoms with Crippen LogP contribution in [0.2, 0.25) is 0 Å². The Bertz CT molecular complexity index is 688. The van der Waals surface area contributed by atoms with Crippen molar-refractivity contribution in [2.24, 2.45) is 0 Å². The van der Waals surface area contributed by atoms with Crippen molar-refractivity contribution in [3.8, 4) is 5.69 Å². The van der Waals surface area contributed by atoms with Crippen molar-refractivity contribution < 1.29 is 22.7 Å². The first-order valence-corrected chi connectivity index (χ1v) is 7.18. The molecule has 0 saturated carbocycles. The van der Waals surface area contributed by atoms with Crippen LogP contribution in [0.1, 0.15) is 48.4 Å². The summed E-state index contributed by atoms with van der Waals surface area (Å²) in [5.41, 5.74) is 0.575. The Morgan fingerprint density at radius 2 is 1.87 bits per heavy atom. The second kappa shape index (κ2) is 6.44. The molecule has 0 spiro atoms. The van der Waals surface area contributed by atoms with E-state index in [4.69, 9.17) is 4.74 Å². The SMILES string of the molecule is CCOC(=O)c1cc(C(C)C)n(-c2ccc(C(F)(F)F)cc2)n1. The fraction of sp³-hybridized carbons (Fsp3) is 0.375. The summed E-state index contributed by atoms with van der Waals surface area (Å²) < 4.78 is 44.3.